The molecule has 1 heteroatoms. The molecule has 72 valence electrons. The van der Waals surface area contributed by atoms with E-state index < -0.39 is 0 Å². The highest BCUT2D eigenvalue weighted by molar-refractivity contribution is 4.81. The molecule has 0 aliphatic heterocycles. The van der Waals surface area contributed by atoms with E-state index >= 15 is 0 Å². The minimum absolute atomic E-state index is 0.254. The summed E-state index contributed by atoms with van der Waals surface area (Å²) < 4.78 is 0. The molecule has 1 rings (SSSR count). The summed E-state index contributed by atoms with van der Waals surface area (Å²) in [5.74, 6) is 0.953. The number of aliphatic hydroxyl groups excluding tert-OH is 1. The molecule has 1 nitrogen and oxygen atoms in total. The molecular weight excluding hydrogens is 148 g/mol. The van der Waals surface area contributed by atoms with Gasteiger partial charge in [0.15, 0.2) is 0 Å². The normalized spacial score (nSPS) is 36.8. The maximum Gasteiger partial charge on any atom is 0.0484 e. The van der Waals surface area contributed by atoms with Crippen LogP contribution in [-0.2, 0) is 0 Å². The van der Waals surface area contributed by atoms with Gasteiger partial charge in [0.1, 0.15) is 0 Å². The third-order valence-electron chi connectivity index (χ3n) is 3.39. The van der Waals surface area contributed by atoms with Gasteiger partial charge in [-0.25, -0.2) is 0 Å². The van der Waals surface area contributed by atoms with Gasteiger partial charge >= 0.3 is 0 Å². The Morgan fingerprint density at radius 2 is 1.92 bits per heavy atom. The molecule has 0 heterocycles. The van der Waals surface area contributed by atoms with Crippen molar-refractivity contribution in [2.75, 3.05) is 6.61 Å². The zero-order valence-electron chi connectivity index (χ0n) is 8.47. The largest absolute Gasteiger partial charge is 0.396 e. The molecule has 1 aliphatic carbocycles. The van der Waals surface area contributed by atoms with E-state index in [9.17, 15) is 0 Å². The topological polar surface area (TPSA) is 20.2 Å². The van der Waals surface area contributed by atoms with E-state index in [2.05, 4.69) is 13.8 Å². The minimum atomic E-state index is 0.254. The van der Waals surface area contributed by atoms with Crippen LogP contribution in [0.1, 0.15) is 52.4 Å². The van der Waals surface area contributed by atoms with Gasteiger partial charge in [-0.1, -0.05) is 26.7 Å². The Kier molecular flexibility index (Phi) is 3.57. The van der Waals surface area contributed by atoms with Gasteiger partial charge in [-0.2, -0.15) is 0 Å². The second-order valence-corrected chi connectivity index (χ2v) is 4.70. The number of hydrogen-bond donors (Lipinski definition) is 1. The van der Waals surface area contributed by atoms with Crippen LogP contribution in [0, 0.1) is 11.3 Å². The average molecular weight is 170 g/mol. The lowest BCUT2D eigenvalue weighted by Crippen LogP contribution is -2.27. The Morgan fingerprint density at radius 3 is 2.33 bits per heavy atom. The molecule has 12 heavy (non-hydrogen) atoms. The molecular formula is C11H22O. The number of rotatable bonds is 3. The summed E-state index contributed by atoms with van der Waals surface area (Å²) in [7, 11) is 0. The first-order valence-corrected chi connectivity index (χ1v) is 5.31. The van der Waals surface area contributed by atoms with Crippen molar-refractivity contribution in [3.63, 3.8) is 0 Å². The lowest BCUT2D eigenvalue weighted by Gasteiger charge is -2.35. The van der Waals surface area contributed by atoms with Gasteiger partial charge in [0.25, 0.3) is 0 Å². The summed E-state index contributed by atoms with van der Waals surface area (Å²) in [6, 6.07) is 0. The lowest BCUT2D eigenvalue weighted by atomic mass is 9.71. The van der Waals surface area contributed by atoms with Crippen LogP contribution in [0.4, 0.5) is 0 Å². The van der Waals surface area contributed by atoms with Crippen molar-refractivity contribution < 1.29 is 5.11 Å². The summed E-state index contributed by atoms with van der Waals surface area (Å²) in [4.78, 5) is 0. The summed E-state index contributed by atoms with van der Waals surface area (Å²) in [6.45, 7) is 4.86. The molecule has 0 amide bonds. The van der Waals surface area contributed by atoms with Crippen LogP contribution < -0.4 is 0 Å². The Hall–Kier alpha value is -0.0400. The highest BCUT2D eigenvalue weighted by Gasteiger charge is 2.29. The first kappa shape index (κ1) is 10.0. The fraction of sp³-hybridized carbons (Fsp3) is 1.00. The molecule has 1 N–H and O–H groups in total. The molecule has 0 radical (unpaired) electrons. The maximum atomic E-state index is 9.17. The van der Waals surface area contributed by atoms with Gasteiger partial charge in [0, 0.05) is 6.61 Å². The van der Waals surface area contributed by atoms with Gasteiger partial charge in [0.2, 0.25) is 0 Å². The van der Waals surface area contributed by atoms with E-state index in [0.717, 1.165) is 5.92 Å². The van der Waals surface area contributed by atoms with E-state index in [1.54, 1.807) is 0 Å². The SMILES string of the molecule is CCCC1CCC(C)(CO)CC1. The Morgan fingerprint density at radius 1 is 1.33 bits per heavy atom. The number of hydrogen-bond acceptors (Lipinski definition) is 1. The Labute approximate surface area is 76.2 Å². The third kappa shape index (κ3) is 2.48. The Balaban J connectivity index is 2.29. The molecule has 0 atom stereocenters. The summed E-state index contributed by atoms with van der Waals surface area (Å²) >= 11 is 0. The van der Waals surface area contributed by atoms with Crippen molar-refractivity contribution in [1.82, 2.24) is 0 Å². The van der Waals surface area contributed by atoms with Crippen LogP contribution in [0.5, 0.6) is 0 Å². The first-order chi connectivity index (χ1) is 5.70. The van der Waals surface area contributed by atoms with Crippen molar-refractivity contribution in [1.29, 1.82) is 0 Å². The summed E-state index contributed by atoms with van der Waals surface area (Å²) in [6.07, 6.45) is 7.85. The van der Waals surface area contributed by atoms with Crippen molar-refractivity contribution in [2.45, 2.75) is 52.4 Å². The van der Waals surface area contributed by atoms with Crippen LogP contribution in [-0.4, -0.2) is 11.7 Å². The second-order valence-electron chi connectivity index (χ2n) is 4.70. The van der Waals surface area contributed by atoms with Crippen LogP contribution in [0.3, 0.4) is 0 Å². The highest BCUT2D eigenvalue weighted by Crippen LogP contribution is 2.39. The molecule has 0 unspecified atom stereocenters. The molecule has 0 aromatic rings. The van der Waals surface area contributed by atoms with Crippen LogP contribution >= 0.6 is 0 Å². The monoisotopic (exact) mass is 170 g/mol. The highest BCUT2D eigenvalue weighted by atomic mass is 16.3. The molecule has 0 spiro atoms. The van der Waals surface area contributed by atoms with Gasteiger partial charge in [0.05, 0.1) is 0 Å². The Bertz CT molecular complexity index is 123. The maximum absolute atomic E-state index is 9.17. The van der Waals surface area contributed by atoms with Crippen molar-refractivity contribution in [3.8, 4) is 0 Å². The van der Waals surface area contributed by atoms with Crippen molar-refractivity contribution in [2.24, 2.45) is 11.3 Å². The summed E-state index contributed by atoms with van der Waals surface area (Å²) in [5.41, 5.74) is 0.254. The average Bonchev–Trinajstić information content (AvgIpc) is 2.10. The summed E-state index contributed by atoms with van der Waals surface area (Å²) in [5, 5.41) is 9.17. The standard InChI is InChI=1S/C11H22O/c1-3-4-10-5-7-11(2,9-12)8-6-10/h10,12H,3-9H2,1-2H3. The lowest BCUT2D eigenvalue weighted by molar-refractivity contribution is 0.0791. The van der Waals surface area contributed by atoms with Crippen molar-refractivity contribution >= 4 is 0 Å². The predicted molar refractivity (Wildman–Crippen MR) is 52.1 cm³/mol. The van der Waals surface area contributed by atoms with Crippen LogP contribution in [0.15, 0.2) is 0 Å². The zero-order chi connectivity index (χ0) is 9.03. The molecule has 1 fully saturated rings. The minimum Gasteiger partial charge on any atom is -0.396 e. The van der Waals surface area contributed by atoms with Crippen LogP contribution in [0.25, 0.3) is 0 Å². The third-order valence-corrected chi connectivity index (χ3v) is 3.39. The molecule has 0 aromatic carbocycles. The fourth-order valence-corrected chi connectivity index (χ4v) is 2.23. The molecule has 0 saturated heterocycles. The predicted octanol–water partition coefficient (Wildman–Crippen LogP) is 2.98. The van der Waals surface area contributed by atoms with Crippen LogP contribution in [0.2, 0.25) is 0 Å². The molecule has 1 aliphatic rings. The molecule has 0 aromatic heterocycles. The van der Waals surface area contributed by atoms with Gasteiger partial charge in [-0.05, 0) is 37.0 Å². The smallest absolute Gasteiger partial charge is 0.0484 e. The van der Waals surface area contributed by atoms with E-state index in [-0.39, 0.29) is 5.41 Å². The quantitative estimate of drug-likeness (QED) is 0.690. The number of aliphatic hydroxyl groups is 1. The van der Waals surface area contributed by atoms with E-state index in [0.29, 0.717) is 6.61 Å². The van der Waals surface area contributed by atoms with Gasteiger partial charge in [-0.15, -0.1) is 0 Å². The first-order valence-electron chi connectivity index (χ1n) is 5.31. The fourth-order valence-electron chi connectivity index (χ4n) is 2.23. The second kappa shape index (κ2) is 4.27. The molecule has 1 saturated carbocycles. The van der Waals surface area contributed by atoms with E-state index in [1.165, 1.54) is 38.5 Å². The van der Waals surface area contributed by atoms with E-state index in [1.807, 2.05) is 0 Å². The van der Waals surface area contributed by atoms with E-state index in [4.69, 9.17) is 5.11 Å². The van der Waals surface area contributed by atoms with Gasteiger partial charge < -0.3 is 5.11 Å². The van der Waals surface area contributed by atoms with Gasteiger partial charge in [-0.3, -0.25) is 0 Å². The van der Waals surface area contributed by atoms with Crippen molar-refractivity contribution in [3.05, 3.63) is 0 Å². The zero-order valence-corrected chi connectivity index (χ0v) is 8.47. The molecule has 0 bridgehead atoms.